The molecule has 0 aliphatic heterocycles. The summed E-state index contributed by atoms with van der Waals surface area (Å²) >= 11 is 0. The Morgan fingerprint density at radius 2 is 1.92 bits per heavy atom. The van der Waals surface area contributed by atoms with Gasteiger partial charge in [-0.15, -0.1) is 0 Å². The number of rotatable bonds is 7. The Labute approximate surface area is 83.1 Å². The predicted molar refractivity (Wildman–Crippen MR) is 58.0 cm³/mol. The van der Waals surface area contributed by atoms with Gasteiger partial charge in [0, 0.05) is 13.2 Å². The molecule has 0 saturated carbocycles. The van der Waals surface area contributed by atoms with Crippen molar-refractivity contribution in [2.45, 2.75) is 52.2 Å². The van der Waals surface area contributed by atoms with Crippen LogP contribution >= 0.6 is 0 Å². The quantitative estimate of drug-likeness (QED) is 0.661. The minimum absolute atomic E-state index is 0.344. The molecule has 0 rings (SSSR count). The molecule has 2 atom stereocenters. The van der Waals surface area contributed by atoms with Crippen LogP contribution in [-0.4, -0.2) is 26.3 Å². The topological polar surface area (TPSA) is 21.3 Å². The SMILES string of the molecule is CCCCC(NC)C(OC)C(C)C. The molecule has 0 radical (unpaired) electrons. The molecule has 0 bridgehead atoms. The summed E-state index contributed by atoms with van der Waals surface area (Å²) in [5.41, 5.74) is 0. The smallest absolute Gasteiger partial charge is 0.0746 e. The van der Waals surface area contributed by atoms with Crippen LogP contribution in [0.4, 0.5) is 0 Å². The molecule has 1 N–H and O–H groups in total. The molecule has 0 aliphatic rings. The molecule has 2 unspecified atom stereocenters. The molecular weight excluding hydrogens is 162 g/mol. The highest BCUT2D eigenvalue weighted by atomic mass is 16.5. The molecule has 0 amide bonds. The number of ether oxygens (including phenoxy) is 1. The van der Waals surface area contributed by atoms with Crippen LogP contribution in [0.5, 0.6) is 0 Å². The Bertz CT molecular complexity index is 115. The summed E-state index contributed by atoms with van der Waals surface area (Å²) < 4.78 is 5.50. The first kappa shape index (κ1) is 12.9. The van der Waals surface area contributed by atoms with E-state index in [1.165, 1.54) is 19.3 Å². The van der Waals surface area contributed by atoms with Crippen LogP contribution in [0.3, 0.4) is 0 Å². The summed E-state index contributed by atoms with van der Waals surface area (Å²) in [6.45, 7) is 6.65. The maximum Gasteiger partial charge on any atom is 0.0746 e. The second kappa shape index (κ2) is 7.34. The summed E-state index contributed by atoms with van der Waals surface area (Å²) in [5.74, 6) is 0.583. The average molecular weight is 187 g/mol. The van der Waals surface area contributed by atoms with Crippen LogP contribution in [0, 0.1) is 5.92 Å². The fourth-order valence-corrected chi connectivity index (χ4v) is 1.80. The minimum Gasteiger partial charge on any atom is -0.380 e. The van der Waals surface area contributed by atoms with Crippen molar-refractivity contribution in [2.24, 2.45) is 5.92 Å². The van der Waals surface area contributed by atoms with Crippen molar-refractivity contribution in [1.29, 1.82) is 0 Å². The van der Waals surface area contributed by atoms with Crippen LogP contribution in [-0.2, 0) is 4.74 Å². The molecule has 2 heteroatoms. The lowest BCUT2D eigenvalue weighted by atomic mass is 9.95. The van der Waals surface area contributed by atoms with Crippen molar-refractivity contribution in [1.82, 2.24) is 5.32 Å². The van der Waals surface area contributed by atoms with E-state index in [4.69, 9.17) is 4.74 Å². The number of nitrogens with one attached hydrogen (secondary N) is 1. The maximum absolute atomic E-state index is 5.50. The molecular formula is C11H25NO. The second-order valence-corrected chi connectivity index (χ2v) is 3.98. The van der Waals surface area contributed by atoms with Gasteiger partial charge in [-0.1, -0.05) is 33.6 Å². The van der Waals surface area contributed by atoms with Crippen molar-refractivity contribution < 1.29 is 4.74 Å². The summed E-state index contributed by atoms with van der Waals surface area (Å²) in [7, 11) is 3.83. The van der Waals surface area contributed by atoms with Crippen molar-refractivity contribution in [3.8, 4) is 0 Å². The number of hydrogen-bond acceptors (Lipinski definition) is 2. The number of unbranched alkanes of at least 4 members (excludes halogenated alkanes) is 1. The number of methoxy groups -OCH3 is 1. The molecule has 0 aromatic heterocycles. The van der Waals surface area contributed by atoms with Crippen molar-refractivity contribution in [3.63, 3.8) is 0 Å². The molecule has 0 fully saturated rings. The minimum atomic E-state index is 0.344. The van der Waals surface area contributed by atoms with E-state index in [1.807, 2.05) is 7.05 Å². The lowest BCUT2D eigenvalue weighted by molar-refractivity contribution is 0.0323. The molecule has 0 aromatic carbocycles. The van der Waals surface area contributed by atoms with Gasteiger partial charge in [-0.05, 0) is 19.4 Å². The zero-order valence-corrected chi connectivity index (χ0v) is 9.76. The van der Waals surface area contributed by atoms with Gasteiger partial charge in [-0.3, -0.25) is 0 Å². The highest BCUT2D eigenvalue weighted by Crippen LogP contribution is 2.14. The molecule has 0 spiro atoms. The van der Waals surface area contributed by atoms with Crippen LogP contribution in [0.25, 0.3) is 0 Å². The van der Waals surface area contributed by atoms with Crippen molar-refractivity contribution >= 4 is 0 Å². The fourth-order valence-electron chi connectivity index (χ4n) is 1.80. The van der Waals surface area contributed by atoms with E-state index in [0.717, 1.165) is 0 Å². The van der Waals surface area contributed by atoms with Gasteiger partial charge in [0.1, 0.15) is 0 Å². The molecule has 0 aliphatic carbocycles. The van der Waals surface area contributed by atoms with Gasteiger partial charge in [0.2, 0.25) is 0 Å². The molecule has 2 nitrogen and oxygen atoms in total. The van der Waals surface area contributed by atoms with E-state index in [9.17, 15) is 0 Å². The van der Waals surface area contributed by atoms with Gasteiger partial charge in [0.15, 0.2) is 0 Å². The van der Waals surface area contributed by atoms with E-state index < -0.39 is 0 Å². The predicted octanol–water partition coefficient (Wildman–Crippen LogP) is 2.44. The summed E-state index contributed by atoms with van der Waals surface area (Å²) in [5, 5.41) is 3.34. The van der Waals surface area contributed by atoms with Gasteiger partial charge in [-0.2, -0.15) is 0 Å². The lowest BCUT2D eigenvalue weighted by Gasteiger charge is -2.28. The maximum atomic E-state index is 5.50. The second-order valence-electron chi connectivity index (χ2n) is 3.98. The largest absolute Gasteiger partial charge is 0.380 e. The van der Waals surface area contributed by atoms with E-state index in [2.05, 4.69) is 26.1 Å². The molecule has 0 aromatic rings. The lowest BCUT2D eigenvalue weighted by Crippen LogP contribution is -2.41. The summed E-state index contributed by atoms with van der Waals surface area (Å²) in [4.78, 5) is 0. The fraction of sp³-hybridized carbons (Fsp3) is 1.00. The normalized spacial score (nSPS) is 16.2. The third kappa shape index (κ3) is 4.63. The Morgan fingerprint density at radius 3 is 2.23 bits per heavy atom. The van der Waals surface area contributed by atoms with Crippen LogP contribution < -0.4 is 5.32 Å². The highest BCUT2D eigenvalue weighted by Gasteiger charge is 2.21. The average Bonchev–Trinajstić information content (AvgIpc) is 2.11. The Kier molecular flexibility index (Phi) is 7.29. The molecule has 13 heavy (non-hydrogen) atoms. The van der Waals surface area contributed by atoms with Crippen LogP contribution in [0.1, 0.15) is 40.0 Å². The first-order valence-electron chi connectivity index (χ1n) is 5.37. The molecule has 0 saturated heterocycles. The monoisotopic (exact) mass is 187 g/mol. The first-order chi connectivity index (χ1) is 6.17. The highest BCUT2D eigenvalue weighted by molar-refractivity contribution is 4.77. The third-order valence-electron chi connectivity index (χ3n) is 2.57. The van der Waals surface area contributed by atoms with Crippen molar-refractivity contribution in [3.05, 3.63) is 0 Å². The number of likely N-dealkylation sites (N-methyl/N-ethyl adjacent to an activating group) is 1. The van der Waals surface area contributed by atoms with Gasteiger partial charge in [0.05, 0.1) is 6.10 Å². The summed E-state index contributed by atoms with van der Waals surface area (Å²) in [6, 6.07) is 0.505. The number of hydrogen-bond donors (Lipinski definition) is 1. The van der Waals surface area contributed by atoms with Crippen LogP contribution in [0.2, 0.25) is 0 Å². The Balaban J connectivity index is 4.00. The zero-order chi connectivity index (χ0) is 10.3. The van der Waals surface area contributed by atoms with E-state index in [1.54, 1.807) is 7.11 Å². The molecule has 0 heterocycles. The summed E-state index contributed by atoms with van der Waals surface area (Å²) in [6.07, 6.45) is 4.09. The Morgan fingerprint density at radius 1 is 1.31 bits per heavy atom. The molecule has 80 valence electrons. The first-order valence-corrected chi connectivity index (χ1v) is 5.37. The van der Waals surface area contributed by atoms with Crippen molar-refractivity contribution in [2.75, 3.05) is 14.2 Å². The van der Waals surface area contributed by atoms with E-state index >= 15 is 0 Å². The van der Waals surface area contributed by atoms with E-state index in [0.29, 0.717) is 18.1 Å². The van der Waals surface area contributed by atoms with Crippen LogP contribution in [0.15, 0.2) is 0 Å². The standard InChI is InChI=1S/C11H25NO/c1-6-7-8-10(12-4)11(13-5)9(2)3/h9-12H,6-8H2,1-5H3. The Hall–Kier alpha value is -0.0800. The van der Waals surface area contributed by atoms with Gasteiger partial charge in [-0.25, -0.2) is 0 Å². The van der Waals surface area contributed by atoms with Gasteiger partial charge in [0.25, 0.3) is 0 Å². The van der Waals surface area contributed by atoms with Gasteiger partial charge < -0.3 is 10.1 Å². The zero-order valence-electron chi connectivity index (χ0n) is 9.76. The third-order valence-corrected chi connectivity index (χ3v) is 2.57. The van der Waals surface area contributed by atoms with Gasteiger partial charge >= 0.3 is 0 Å². The van der Waals surface area contributed by atoms with E-state index in [-0.39, 0.29) is 0 Å².